The van der Waals surface area contributed by atoms with Crippen molar-refractivity contribution in [1.82, 2.24) is 10.2 Å². The molecule has 4 unspecified atom stereocenters. The van der Waals surface area contributed by atoms with Gasteiger partial charge in [0.05, 0.1) is 0 Å². The highest BCUT2D eigenvalue weighted by molar-refractivity contribution is 5.37. The molecule has 0 bridgehead atoms. The van der Waals surface area contributed by atoms with Crippen LogP contribution in [0.4, 0.5) is 0 Å². The molecule has 2 aliphatic rings. The van der Waals surface area contributed by atoms with Gasteiger partial charge in [-0.05, 0) is 42.9 Å². The Bertz CT molecular complexity index is 433. The summed E-state index contributed by atoms with van der Waals surface area (Å²) >= 11 is 0. The number of piperidine rings is 1. The number of hydrogen-bond donors (Lipinski definition) is 1. The fourth-order valence-corrected chi connectivity index (χ4v) is 4.24. The summed E-state index contributed by atoms with van der Waals surface area (Å²) in [7, 11) is 2.11. The van der Waals surface area contributed by atoms with Gasteiger partial charge in [-0.15, -0.1) is 0 Å². The van der Waals surface area contributed by atoms with Crippen molar-refractivity contribution >= 4 is 0 Å². The summed E-state index contributed by atoms with van der Waals surface area (Å²) in [6.45, 7) is 7.33. The smallest absolute Gasteiger partial charge is 0.0481 e. The van der Waals surface area contributed by atoms with Gasteiger partial charge in [-0.1, -0.05) is 38.1 Å². The summed E-state index contributed by atoms with van der Waals surface area (Å²) < 4.78 is 0. The molecule has 1 aromatic carbocycles. The molecule has 0 amide bonds. The van der Waals surface area contributed by atoms with Crippen LogP contribution in [0.2, 0.25) is 0 Å². The van der Waals surface area contributed by atoms with E-state index in [1.165, 1.54) is 37.1 Å². The van der Waals surface area contributed by atoms with E-state index in [2.05, 4.69) is 55.4 Å². The third kappa shape index (κ3) is 2.44. The first-order chi connectivity index (χ1) is 9.19. The van der Waals surface area contributed by atoms with Crippen LogP contribution < -0.4 is 5.32 Å². The molecule has 1 aliphatic heterocycles. The van der Waals surface area contributed by atoms with Crippen molar-refractivity contribution in [3.63, 3.8) is 0 Å². The lowest BCUT2D eigenvalue weighted by Crippen LogP contribution is -2.48. The van der Waals surface area contributed by atoms with Crippen LogP contribution in [0.1, 0.15) is 37.4 Å². The Hall–Kier alpha value is -0.860. The molecule has 19 heavy (non-hydrogen) atoms. The van der Waals surface area contributed by atoms with E-state index in [4.69, 9.17) is 0 Å². The quantitative estimate of drug-likeness (QED) is 0.877. The van der Waals surface area contributed by atoms with Gasteiger partial charge in [-0.3, -0.25) is 4.90 Å². The van der Waals surface area contributed by atoms with Crippen LogP contribution in [-0.2, 0) is 6.42 Å². The maximum atomic E-state index is 3.56. The van der Waals surface area contributed by atoms with E-state index in [-0.39, 0.29) is 0 Å². The van der Waals surface area contributed by atoms with Gasteiger partial charge in [-0.25, -0.2) is 0 Å². The number of rotatable bonds is 2. The summed E-state index contributed by atoms with van der Waals surface area (Å²) in [5.74, 6) is 1.68. The Morgan fingerprint density at radius 2 is 1.79 bits per heavy atom. The minimum absolute atomic E-state index is 0.508. The largest absolute Gasteiger partial charge is 0.312 e. The first-order valence-electron chi connectivity index (χ1n) is 7.68. The zero-order valence-electron chi connectivity index (χ0n) is 12.4. The van der Waals surface area contributed by atoms with Crippen LogP contribution in [0.25, 0.3) is 0 Å². The van der Waals surface area contributed by atoms with Gasteiger partial charge in [-0.2, -0.15) is 0 Å². The topological polar surface area (TPSA) is 15.3 Å². The first-order valence-corrected chi connectivity index (χ1v) is 7.68. The van der Waals surface area contributed by atoms with Crippen molar-refractivity contribution in [2.45, 2.75) is 38.8 Å². The second-order valence-electron chi connectivity index (χ2n) is 6.64. The summed E-state index contributed by atoms with van der Waals surface area (Å²) in [5, 5.41) is 3.56. The summed E-state index contributed by atoms with van der Waals surface area (Å²) in [6, 6.07) is 10.1. The molecule has 0 saturated carbocycles. The van der Waals surface area contributed by atoms with Crippen LogP contribution in [-0.4, -0.2) is 31.1 Å². The van der Waals surface area contributed by atoms with E-state index in [1.54, 1.807) is 0 Å². The van der Waals surface area contributed by atoms with Gasteiger partial charge in [0.15, 0.2) is 0 Å². The molecule has 2 heteroatoms. The maximum Gasteiger partial charge on any atom is 0.0481 e. The first kappa shape index (κ1) is 13.1. The highest BCUT2D eigenvalue weighted by atomic mass is 15.2. The zero-order valence-corrected chi connectivity index (χ0v) is 12.4. The Labute approximate surface area is 117 Å². The lowest BCUT2D eigenvalue weighted by atomic mass is 9.90. The molecule has 1 fully saturated rings. The van der Waals surface area contributed by atoms with E-state index in [9.17, 15) is 0 Å². The molecule has 1 aliphatic carbocycles. The Kier molecular flexibility index (Phi) is 3.64. The number of hydrogen-bond acceptors (Lipinski definition) is 2. The minimum Gasteiger partial charge on any atom is -0.312 e. The average Bonchev–Trinajstić information content (AvgIpc) is 2.76. The molecule has 1 heterocycles. The number of benzene rings is 1. The standard InChI is InChI=1S/C17H26N2/c1-12-8-13(2)11-19(10-12)16-9-14-6-4-5-7-15(14)17(16)18-3/h4-7,12-13,16-18H,8-11H2,1-3H3. The predicted octanol–water partition coefficient (Wildman–Crippen LogP) is 2.85. The second kappa shape index (κ2) is 5.26. The Balaban J connectivity index is 1.82. The molecule has 0 spiro atoms. The molecule has 2 nitrogen and oxygen atoms in total. The monoisotopic (exact) mass is 258 g/mol. The average molecular weight is 258 g/mol. The van der Waals surface area contributed by atoms with Crippen molar-refractivity contribution in [1.29, 1.82) is 0 Å². The van der Waals surface area contributed by atoms with E-state index < -0.39 is 0 Å². The molecule has 0 aromatic heterocycles. The molecule has 1 aromatic rings. The van der Waals surface area contributed by atoms with Crippen molar-refractivity contribution < 1.29 is 0 Å². The fourth-order valence-electron chi connectivity index (χ4n) is 4.24. The van der Waals surface area contributed by atoms with Crippen molar-refractivity contribution in [2.75, 3.05) is 20.1 Å². The summed E-state index contributed by atoms with van der Waals surface area (Å²) in [5.41, 5.74) is 3.05. The fraction of sp³-hybridized carbons (Fsp3) is 0.647. The number of likely N-dealkylation sites (tertiary alicyclic amines) is 1. The molecular formula is C17H26N2. The lowest BCUT2D eigenvalue weighted by molar-refractivity contribution is 0.0823. The number of fused-ring (bicyclic) bond motifs is 1. The van der Waals surface area contributed by atoms with E-state index in [0.717, 1.165) is 11.8 Å². The van der Waals surface area contributed by atoms with Crippen LogP contribution in [0, 0.1) is 11.8 Å². The third-order valence-corrected chi connectivity index (χ3v) is 4.88. The number of likely N-dealkylation sites (N-methyl/N-ethyl adjacent to an activating group) is 1. The highest BCUT2D eigenvalue weighted by Gasteiger charge is 2.37. The summed E-state index contributed by atoms with van der Waals surface area (Å²) in [6.07, 6.45) is 2.60. The van der Waals surface area contributed by atoms with Gasteiger partial charge in [0, 0.05) is 25.2 Å². The molecule has 0 radical (unpaired) electrons. The van der Waals surface area contributed by atoms with Crippen LogP contribution >= 0.6 is 0 Å². The SMILES string of the molecule is CNC1c2ccccc2CC1N1CC(C)CC(C)C1. The van der Waals surface area contributed by atoms with Crippen LogP contribution in [0.15, 0.2) is 24.3 Å². The minimum atomic E-state index is 0.508. The number of nitrogens with zero attached hydrogens (tertiary/aromatic N) is 1. The van der Waals surface area contributed by atoms with Crippen molar-refractivity contribution in [3.05, 3.63) is 35.4 Å². The highest BCUT2D eigenvalue weighted by Crippen LogP contribution is 2.36. The Morgan fingerprint density at radius 1 is 1.11 bits per heavy atom. The van der Waals surface area contributed by atoms with E-state index >= 15 is 0 Å². The zero-order chi connectivity index (χ0) is 13.4. The van der Waals surface area contributed by atoms with Gasteiger partial charge in [0.1, 0.15) is 0 Å². The van der Waals surface area contributed by atoms with Crippen molar-refractivity contribution in [2.24, 2.45) is 11.8 Å². The van der Waals surface area contributed by atoms with Gasteiger partial charge in [0.2, 0.25) is 0 Å². The lowest BCUT2D eigenvalue weighted by Gasteiger charge is -2.41. The van der Waals surface area contributed by atoms with E-state index in [0.29, 0.717) is 12.1 Å². The molecule has 4 atom stereocenters. The van der Waals surface area contributed by atoms with Gasteiger partial charge in [0.25, 0.3) is 0 Å². The normalized spacial score (nSPS) is 35.3. The summed E-state index contributed by atoms with van der Waals surface area (Å²) in [4.78, 5) is 2.74. The van der Waals surface area contributed by atoms with Gasteiger partial charge >= 0.3 is 0 Å². The Morgan fingerprint density at radius 3 is 2.47 bits per heavy atom. The van der Waals surface area contributed by atoms with Crippen molar-refractivity contribution in [3.8, 4) is 0 Å². The maximum absolute atomic E-state index is 3.56. The van der Waals surface area contributed by atoms with Crippen LogP contribution in [0.5, 0.6) is 0 Å². The molecule has 3 rings (SSSR count). The van der Waals surface area contributed by atoms with E-state index in [1.807, 2.05) is 0 Å². The molecule has 1 N–H and O–H groups in total. The second-order valence-corrected chi connectivity index (χ2v) is 6.64. The van der Waals surface area contributed by atoms with Crippen LogP contribution in [0.3, 0.4) is 0 Å². The molecule has 104 valence electrons. The molecule has 1 saturated heterocycles. The molecular weight excluding hydrogens is 232 g/mol. The third-order valence-electron chi connectivity index (χ3n) is 4.88. The van der Waals surface area contributed by atoms with Gasteiger partial charge < -0.3 is 5.32 Å². The number of nitrogens with one attached hydrogen (secondary N) is 1. The predicted molar refractivity (Wildman–Crippen MR) is 80.3 cm³/mol.